The number of aryl methyl sites for hydroxylation is 2. The number of methoxy groups -OCH3 is 1. The van der Waals surface area contributed by atoms with Gasteiger partial charge in [0.2, 0.25) is 0 Å². The molecule has 2 saturated carbocycles. The lowest BCUT2D eigenvalue weighted by Crippen LogP contribution is -2.54. The molecule has 0 radical (unpaired) electrons. The standard InChI is InChI=1S/C72H92N2O10S4/c1-41(2)12-13-43-10-6-7-11-46(43)34-64-72-29-24-47(33-63(72)81)62(36-53(79)20-15-45-18-23-61(80)69(83-4)65(45)54-21-16-44-14-19-52(78)35-55(44)58(54)40-86-88-72)84-70-57-31-50(38-76)68-66-48(17-22-59(73-68)42(3)77)30-49(37-75)56(67(57)66)32-51(39-85-87-64)60(74-70)25-28-71(82)26-8-5-9-27-71/h6-7,10-11,14,16,18-19,21,23,31,35,41,47-49,51,56,59-60,62-64,70,73-76,78,80-82H,5,8-9,12-13,15,17,20,22,24-30,32-34,36-40H2,1-4H3. The van der Waals surface area contributed by atoms with Crippen molar-refractivity contribution in [2.24, 2.45) is 23.7 Å². The lowest BCUT2D eigenvalue weighted by atomic mass is 9.63. The minimum absolute atomic E-state index is 0.00151. The van der Waals surface area contributed by atoms with Gasteiger partial charge in [0.25, 0.3) is 0 Å². The minimum atomic E-state index is -0.806. The number of rotatable bonds is 12. The van der Waals surface area contributed by atoms with Gasteiger partial charge >= 0.3 is 0 Å². The van der Waals surface area contributed by atoms with Crippen LogP contribution in [0.5, 0.6) is 17.2 Å². The van der Waals surface area contributed by atoms with Gasteiger partial charge in [-0.3, -0.25) is 14.9 Å². The summed E-state index contributed by atoms with van der Waals surface area (Å²) in [6.07, 6.45) is 11.8. The molecule has 8 N–H and O–H groups in total. The minimum Gasteiger partial charge on any atom is -0.508 e. The molecular formula is C72H92N2O10S4. The van der Waals surface area contributed by atoms with Crippen LogP contribution in [0.1, 0.15) is 192 Å². The molecule has 12 atom stereocenters. The second-order valence-electron chi connectivity index (χ2n) is 27.5. The van der Waals surface area contributed by atoms with Crippen molar-refractivity contribution in [3.8, 4) is 28.4 Å². The third-order valence-electron chi connectivity index (χ3n) is 21.6. The molecular weight excluding hydrogens is 1180 g/mol. The van der Waals surface area contributed by atoms with E-state index in [0.29, 0.717) is 73.5 Å². The molecule has 0 aromatic heterocycles. The number of aliphatic hydroxyl groups is 4. The Labute approximate surface area is 536 Å². The van der Waals surface area contributed by atoms with Crippen LogP contribution in [0.15, 0.2) is 72.8 Å². The van der Waals surface area contributed by atoms with Gasteiger partial charge in [0.1, 0.15) is 17.8 Å². The molecule has 5 heterocycles. The summed E-state index contributed by atoms with van der Waals surface area (Å²) in [5.74, 6) is 1.95. The van der Waals surface area contributed by atoms with E-state index >= 15 is 4.79 Å². The molecule has 5 aromatic carbocycles. The number of phenols is 2. The number of hydrogen-bond acceptors (Lipinski definition) is 16. The van der Waals surface area contributed by atoms with Crippen LogP contribution >= 0.6 is 43.2 Å². The number of carbonyl (C=O) groups excluding carboxylic acids is 2. The summed E-state index contributed by atoms with van der Waals surface area (Å²) in [5, 5.41) is 81.7. The van der Waals surface area contributed by atoms with Crippen LogP contribution in [0.25, 0.3) is 21.9 Å². The fourth-order valence-electron chi connectivity index (χ4n) is 16.7. The lowest BCUT2D eigenvalue weighted by molar-refractivity contribution is -0.130. The molecule has 5 aromatic rings. The van der Waals surface area contributed by atoms with Gasteiger partial charge in [-0.15, -0.1) is 0 Å². The average molecular weight is 1270 g/mol. The maximum absolute atomic E-state index is 15.4. The highest BCUT2D eigenvalue weighted by Crippen LogP contribution is 2.60. The van der Waals surface area contributed by atoms with Crippen molar-refractivity contribution in [3.05, 3.63) is 117 Å². The molecule has 0 spiro atoms. The summed E-state index contributed by atoms with van der Waals surface area (Å²) in [4.78, 5) is 28.8. The third kappa shape index (κ3) is 13.2. The number of anilines is 1. The van der Waals surface area contributed by atoms with E-state index in [2.05, 4.69) is 60.9 Å². The monoisotopic (exact) mass is 1270 g/mol. The Hall–Kier alpha value is -3.94. The van der Waals surface area contributed by atoms with Gasteiger partial charge in [-0.1, -0.05) is 125 Å². The summed E-state index contributed by atoms with van der Waals surface area (Å²) in [6, 6.07) is 23.6. The Morgan fingerprint density at radius 2 is 1.68 bits per heavy atom. The van der Waals surface area contributed by atoms with Crippen LogP contribution in [-0.2, 0) is 45.9 Å². The van der Waals surface area contributed by atoms with Crippen molar-refractivity contribution in [2.45, 2.75) is 220 Å². The molecule has 4 fully saturated rings. The van der Waals surface area contributed by atoms with Crippen molar-refractivity contribution in [1.82, 2.24) is 5.32 Å². The molecule has 13 rings (SSSR count). The number of Topliss-reactive ketones (excluding diaryl/α,β-unsaturated/α-hetero) is 2. The average Bonchev–Trinajstić information content (AvgIpc) is 1.42. The molecule has 5 bridgehead atoms. The first-order valence-corrected chi connectivity index (χ1v) is 37.6. The molecule has 12 nitrogen and oxygen atoms in total. The Morgan fingerprint density at radius 3 is 2.44 bits per heavy atom. The van der Waals surface area contributed by atoms with Crippen LogP contribution < -0.4 is 15.4 Å². The predicted molar refractivity (Wildman–Crippen MR) is 360 cm³/mol. The first-order valence-electron chi connectivity index (χ1n) is 32.9. The van der Waals surface area contributed by atoms with Crippen LogP contribution in [0.4, 0.5) is 5.69 Å². The maximum atomic E-state index is 15.4. The lowest BCUT2D eigenvalue weighted by Gasteiger charge is -2.50. The summed E-state index contributed by atoms with van der Waals surface area (Å²) >= 11 is 0. The largest absolute Gasteiger partial charge is 0.508 e. The maximum Gasteiger partial charge on any atom is 0.168 e. The highest BCUT2D eigenvalue weighted by atomic mass is 33.1. The second-order valence-corrected chi connectivity index (χ2v) is 32.8. The molecule has 0 amide bonds. The molecule has 8 aliphatic rings. The van der Waals surface area contributed by atoms with Crippen LogP contribution in [0.3, 0.4) is 0 Å². The number of hydrogen-bond donors (Lipinski definition) is 8. The third-order valence-corrected chi connectivity index (χ3v) is 28.1. The van der Waals surface area contributed by atoms with E-state index in [-0.39, 0.29) is 90.0 Å². The van der Waals surface area contributed by atoms with Gasteiger partial charge < -0.3 is 45.4 Å². The van der Waals surface area contributed by atoms with Crippen molar-refractivity contribution in [3.63, 3.8) is 0 Å². The molecule has 2 saturated heterocycles. The number of fused-ring (bicyclic) bond motifs is 9. The first-order chi connectivity index (χ1) is 42.6. The Balaban J connectivity index is 1.05. The van der Waals surface area contributed by atoms with Gasteiger partial charge in [-0.2, -0.15) is 0 Å². The zero-order valence-electron chi connectivity index (χ0n) is 51.8. The molecule has 474 valence electrons. The fraction of sp³-hybridized carbons (Fsp3) is 0.583. The number of ether oxygens (including phenoxy) is 2. The van der Waals surface area contributed by atoms with Gasteiger partial charge in [0, 0.05) is 59.1 Å². The molecule has 12 unspecified atom stereocenters. The number of aliphatic hydroxyl groups excluding tert-OH is 3. The summed E-state index contributed by atoms with van der Waals surface area (Å²) < 4.78 is 13.3. The summed E-state index contributed by atoms with van der Waals surface area (Å²) in [6.45, 7) is 5.94. The van der Waals surface area contributed by atoms with Gasteiger partial charge in [-0.25, -0.2) is 0 Å². The van der Waals surface area contributed by atoms with Gasteiger partial charge in [0.05, 0.1) is 42.3 Å². The zero-order chi connectivity index (χ0) is 61.4. The van der Waals surface area contributed by atoms with E-state index < -0.39 is 34.8 Å². The summed E-state index contributed by atoms with van der Waals surface area (Å²) in [7, 11) is 8.93. The Bertz CT molecular complexity index is 3340. The number of aromatic hydroxyl groups is 2. The van der Waals surface area contributed by atoms with Crippen LogP contribution in [0.2, 0.25) is 0 Å². The highest BCUT2D eigenvalue weighted by molar-refractivity contribution is 8.78. The smallest absolute Gasteiger partial charge is 0.168 e. The van der Waals surface area contributed by atoms with Crippen molar-refractivity contribution in [2.75, 3.05) is 24.8 Å². The normalized spacial score (nSPS) is 29.9. The quantitative estimate of drug-likeness (QED) is 0.0549. The SMILES string of the molecule is COc1c(O)ccc2c1-c1ccc3ccc(O)cc3c1CSSC13CCC(CC1O)C(CC(=O)CC2)OC1NC(CCC2(O)CCCCC2)C(CSSC3Cc2ccccc2CCC(C)C)CC2c3c1cc(CO)c1c3C(CCC(C(C)=O)N1)CC2CO. The van der Waals surface area contributed by atoms with E-state index in [4.69, 9.17) is 9.47 Å². The first kappa shape index (κ1) is 64.2. The van der Waals surface area contributed by atoms with Crippen molar-refractivity contribution >= 4 is 71.2 Å². The second kappa shape index (κ2) is 27.7. The fourth-order valence-corrected chi connectivity index (χ4v) is 24.2. The zero-order valence-corrected chi connectivity index (χ0v) is 55.0. The molecule has 5 aliphatic heterocycles. The number of benzene rings is 5. The topological polar surface area (TPSA) is 198 Å². The van der Waals surface area contributed by atoms with Crippen LogP contribution in [-0.4, -0.2) is 102 Å². The predicted octanol–water partition coefficient (Wildman–Crippen LogP) is 14.6. The molecule has 3 aliphatic carbocycles. The number of phenolic OH excluding ortho intramolecular Hbond substituents is 2. The van der Waals surface area contributed by atoms with Crippen LogP contribution in [0, 0.1) is 23.7 Å². The van der Waals surface area contributed by atoms with E-state index in [1.54, 1.807) is 47.8 Å². The molecule has 16 heteroatoms. The van der Waals surface area contributed by atoms with Crippen molar-refractivity contribution in [1.29, 1.82) is 0 Å². The summed E-state index contributed by atoms with van der Waals surface area (Å²) in [5.41, 5.74) is 9.88. The van der Waals surface area contributed by atoms with E-state index in [9.17, 15) is 35.4 Å². The molecule has 88 heavy (non-hydrogen) atoms. The number of nitrogens with one attached hydrogen (secondary N) is 2. The van der Waals surface area contributed by atoms with Gasteiger partial charge in [0.15, 0.2) is 17.3 Å². The van der Waals surface area contributed by atoms with Crippen molar-refractivity contribution < 1.29 is 49.7 Å². The highest BCUT2D eigenvalue weighted by Gasteiger charge is 2.53. The number of carbonyl (C=O) groups is 2. The van der Waals surface area contributed by atoms with E-state index in [1.807, 2.05) is 45.9 Å². The number of ketones is 2. The Morgan fingerprint density at radius 1 is 0.875 bits per heavy atom. The van der Waals surface area contributed by atoms with E-state index in [0.717, 1.165) is 126 Å². The van der Waals surface area contributed by atoms with Gasteiger partial charge in [-0.05, 0) is 218 Å². The Kier molecular flexibility index (Phi) is 20.2. The van der Waals surface area contributed by atoms with E-state index in [1.165, 1.54) is 11.1 Å².